The number of carbonyl (C=O) groups is 2. The monoisotopic (exact) mass is 406 g/mol. The van der Waals surface area contributed by atoms with Crippen molar-refractivity contribution < 1.29 is 28.9 Å². The molecule has 2 spiro atoms. The minimum Gasteiger partial charge on any atom is -0.461 e. The molecule has 2 aliphatic heterocycles. The number of Topliss-reactive ketones (excluding diaryl/α,β-unsaturated/α-hetero) is 1. The number of esters is 1. The number of unbranched alkanes of at least 4 members (excludes halogenated alkanes) is 4. The Morgan fingerprint density at radius 1 is 1.21 bits per heavy atom. The van der Waals surface area contributed by atoms with Gasteiger partial charge in [0.15, 0.2) is 17.5 Å². The maximum absolute atomic E-state index is 12.9. The highest BCUT2D eigenvalue weighted by atomic mass is 16.7. The lowest BCUT2D eigenvalue weighted by Crippen LogP contribution is -2.53. The lowest BCUT2D eigenvalue weighted by atomic mass is 9.65. The van der Waals surface area contributed by atoms with E-state index in [1.165, 1.54) is 12.8 Å². The smallest absolute Gasteiger partial charge is 0.306 e. The van der Waals surface area contributed by atoms with Gasteiger partial charge >= 0.3 is 5.97 Å². The molecule has 0 aromatic rings. The quantitative estimate of drug-likeness (QED) is 0.397. The van der Waals surface area contributed by atoms with Gasteiger partial charge in [0.2, 0.25) is 0 Å². The molecule has 2 heterocycles. The fraction of sp³-hybridized carbons (Fsp3) is 0.913. The molecule has 3 aliphatic carbocycles. The van der Waals surface area contributed by atoms with Crippen molar-refractivity contribution in [3.05, 3.63) is 0 Å². The Kier molecular flexibility index (Phi) is 4.16. The van der Waals surface area contributed by atoms with E-state index in [9.17, 15) is 14.7 Å². The van der Waals surface area contributed by atoms with Gasteiger partial charge in [-0.3, -0.25) is 9.59 Å². The number of hydrogen-bond acceptors (Lipinski definition) is 6. The van der Waals surface area contributed by atoms with Crippen molar-refractivity contribution in [2.24, 2.45) is 22.7 Å². The average Bonchev–Trinajstić information content (AvgIpc) is 3.55. The molecule has 162 valence electrons. The van der Waals surface area contributed by atoms with Crippen molar-refractivity contribution >= 4 is 11.8 Å². The molecule has 0 aromatic carbocycles. The van der Waals surface area contributed by atoms with Crippen LogP contribution >= 0.6 is 0 Å². The van der Waals surface area contributed by atoms with Crippen LogP contribution in [0.5, 0.6) is 0 Å². The molecule has 8 atom stereocenters. The summed E-state index contributed by atoms with van der Waals surface area (Å²) >= 11 is 0. The van der Waals surface area contributed by atoms with Crippen LogP contribution in [-0.2, 0) is 23.8 Å². The van der Waals surface area contributed by atoms with E-state index in [0.29, 0.717) is 13.0 Å². The zero-order chi connectivity index (χ0) is 20.8. The van der Waals surface area contributed by atoms with Crippen LogP contribution in [0.25, 0.3) is 0 Å². The standard InChI is InChI=1S/C23H34O6/c1-5-6-7-8-9-10-14(24)28-18-15-13(11-20(18,2)3)16(25)23-19(29-23)17(26)22(12-27-22)21(15,23)4/h13,15-16,18-19,25H,5-12H2,1-4H3. The Balaban J connectivity index is 1.38. The third-order valence-corrected chi connectivity index (χ3v) is 8.94. The molecule has 2 saturated heterocycles. The van der Waals surface area contributed by atoms with E-state index < -0.39 is 28.8 Å². The molecule has 8 unspecified atom stereocenters. The number of carbonyl (C=O) groups excluding carboxylic acids is 2. The molecule has 5 aliphatic rings. The number of fused-ring (bicyclic) bond motifs is 3. The van der Waals surface area contributed by atoms with Crippen LogP contribution in [0.2, 0.25) is 0 Å². The second kappa shape index (κ2) is 6.04. The summed E-state index contributed by atoms with van der Waals surface area (Å²) in [4.78, 5) is 25.6. The minimum absolute atomic E-state index is 0.0248. The van der Waals surface area contributed by atoms with Gasteiger partial charge < -0.3 is 19.3 Å². The minimum atomic E-state index is -0.860. The summed E-state index contributed by atoms with van der Waals surface area (Å²) in [7, 11) is 0. The van der Waals surface area contributed by atoms with Gasteiger partial charge in [-0.05, 0) is 18.8 Å². The molecule has 0 bridgehead atoms. The van der Waals surface area contributed by atoms with E-state index in [1.54, 1.807) is 0 Å². The highest BCUT2D eigenvalue weighted by molar-refractivity contribution is 6.02. The van der Waals surface area contributed by atoms with Gasteiger partial charge in [0, 0.05) is 23.2 Å². The third-order valence-electron chi connectivity index (χ3n) is 8.94. The SMILES string of the molecule is CCCCCCCC(=O)OC1C2C(CC1(C)C)C(O)C13OC1C(=O)C1(CO1)C23C. The second-order valence-corrected chi connectivity index (χ2v) is 10.9. The first-order valence-corrected chi connectivity index (χ1v) is 11.4. The number of rotatable bonds is 7. The molecule has 5 fully saturated rings. The molecule has 5 rings (SSSR count). The van der Waals surface area contributed by atoms with Crippen molar-refractivity contribution in [1.29, 1.82) is 0 Å². The summed E-state index contributed by atoms with van der Waals surface area (Å²) in [5, 5.41) is 11.2. The van der Waals surface area contributed by atoms with Crippen molar-refractivity contribution in [2.75, 3.05) is 6.61 Å². The van der Waals surface area contributed by atoms with Crippen LogP contribution in [-0.4, -0.2) is 53.0 Å². The third kappa shape index (κ3) is 2.23. The van der Waals surface area contributed by atoms with E-state index in [1.807, 2.05) is 6.92 Å². The molecule has 6 heteroatoms. The Morgan fingerprint density at radius 2 is 1.90 bits per heavy atom. The molecule has 6 nitrogen and oxygen atoms in total. The molecule has 3 saturated carbocycles. The summed E-state index contributed by atoms with van der Waals surface area (Å²) < 4.78 is 17.8. The first-order chi connectivity index (χ1) is 13.7. The van der Waals surface area contributed by atoms with Crippen molar-refractivity contribution in [1.82, 2.24) is 0 Å². The lowest BCUT2D eigenvalue weighted by molar-refractivity contribution is -0.163. The Labute approximate surface area is 172 Å². The van der Waals surface area contributed by atoms with E-state index in [2.05, 4.69) is 20.8 Å². The summed E-state index contributed by atoms with van der Waals surface area (Å²) in [6.45, 7) is 8.81. The van der Waals surface area contributed by atoms with Gasteiger partial charge in [0.25, 0.3) is 0 Å². The number of aliphatic hydroxyl groups is 1. The maximum atomic E-state index is 12.9. The van der Waals surface area contributed by atoms with Gasteiger partial charge in [-0.2, -0.15) is 0 Å². The molecule has 0 aromatic heterocycles. The molecule has 29 heavy (non-hydrogen) atoms. The molecular formula is C23H34O6. The number of epoxide rings is 2. The number of aliphatic hydroxyl groups excluding tert-OH is 1. The molecule has 0 amide bonds. The zero-order valence-corrected chi connectivity index (χ0v) is 18.0. The summed E-state index contributed by atoms with van der Waals surface area (Å²) in [6, 6.07) is 0. The van der Waals surface area contributed by atoms with Crippen molar-refractivity contribution in [2.45, 2.75) is 102 Å². The summed E-state index contributed by atoms with van der Waals surface area (Å²) in [5.41, 5.74) is -2.62. The highest BCUT2D eigenvalue weighted by Gasteiger charge is 2.97. The maximum Gasteiger partial charge on any atom is 0.306 e. The fourth-order valence-electron chi connectivity index (χ4n) is 7.39. The summed E-state index contributed by atoms with van der Waals surface area (Å²) in [6.07, 6.45) is 4.98. The Morgan fingerprint density at radius 3 is 2.55 bits per heavy atom. The van der Waals surface area contributed by atoms with Gasteiger partial charge in [0.05, 0.1) is 12.7 Å². The van der Waals surface area contributed by atoms with Crippen LogP contribution < -0.4 is 0 Å². The van der Waals surface area contributed by atoms with Gasteiger partial charge in [0.1, 0.15) is 11.7 Å². The Hall–Kier alpha value is -0.980. The predicted octanol–water partition coefficient (Wildman–Crippen LogP) is 2.79. The fourth-order valence-corrected chi connectivity index (χ4v) is 7.39. The molecule has 0 radical (unpaired) electrons. The molecule has 1 N–H and O–H groups in total. The normalized spacial score (nSPS) is 50.4. The number of ketones is 1. The van der Waals surface area contributed by atoms with E-state index >= 15 is 0 Å². The van der Waals surface area contributed by atoms with Gasteiger partial charge in [-0.1, -0.05) is 53.4 Å². The first kappa shape index (κ1) is 20.0. The average molecular weight is 407 g/mol. The zero-order valence-electron chi connectivity index (χ0n) is 18.0. The van der Waals surface area contributed by atoms with Crippen LogP contribution in [0, 0.1) is 22.7 Å². The highest BCUT2D eigenvalue weighted by Crippen LogP contribution is 2.81. The van der Waals surface area contributed by atoms with E-state index in [0.717, 1.165) is 25.7 Å². The first-order valence-electron chi connectivity index (χ1n) is 11.4. The van der Waals surface area contributed by atoms with E-state index in [-0.39, 0.29) is 35.1 Å². The van der Waals surface area contributed by atoms with Crippen LogP contribution in [0.1, 0.15) is 72.6 Å². The largest absolute Gasteiger partial charge is 0.461 e. The predicted molar refractivity (Wildman–Crippen MR) is 104 cm³/mol. The topological polar surface area (TPSA) is 88.7 Å². The number of ether oxygens (including phenoxy) is 3. The Bertz CT molecular complexity index is 742. The van der Waals surface area contributed by atoms with Crippen molar-refractivity contribution in [3.8, 4) is 0 Å². The number of hydrogen-bond donors (Lipinski definition) is 1. The summed E-state index contributed by atoms with van der Waals surface area (Å²) in [5.74, 6) is -0.363. The van der Waals surface area contributed by atoms with Crippen LogP contribution in [0.3, 0.4) is 0 Å². The van der Waals surface area contributed by atoms with Gasteiger partial charge in [-0.15, -0.1) is 0 Å². The van der Waals surface area contributed by atoms with E-state index in [4.69, 9.17) is 14.2 Å². The lowest BCUT2D eigenvalue weighted by Gasteiger charge is -2.41. The second-order valence-electron chi connectivity index (χ2n) is 10.9. The molecular weight excluding hydrogens is 372 g/mol. The van der Waals surface area contributed by atoms with Crippen LogP contribution in [0.15, 0.2) is 0 Å². The van der Waals surface area contributed by atoms with Crippen molar-refractivity contribution in [3.63, 3.8) is 0 Å². The van der Waals surface area contributed by atoms with Crippen LogP contribution in [0.4, 0.5) is 0 Å². The van der Waals surface area contributed by atoms with Gasteiger partial charge in [-0.25, -0.2) is 0 Å².